The first-order chi connectivity index (χ1) is 16.4. The van der Waals surface area contributed by atoms with E-state index in [2.05, 4.69) is 14.2 Å². The fourth-order valence-corrected chi connectivity index (χ4v) is 3.09. The van der Waals surface area contributed by atoms with E-state index in [4.69, 9.17) is 21.8 Å². The summed E-state index contributed by atoms with van der Waals surface area (Å²) in [5.41, 5.74) is 1.95. The molecular weight excluding hydrogens is 500 g/mol. The Hall–Kier alpha value is -2.60. The van der Waals surface area contributed by atoms with Crippen molar-refractivity contribution in [3.8, 4) is 5.75 Å². The Labute approximate surface area is 203 Å². The van der Waals surface area contributed by atoms with Gasteiger partial charge in [0.25, 0.3) is 0 Å². The average Bonchev–Trinajstić information content (AvgIpc) is 3.38. The molecule has 0 spiro atoms. The Bertz CT molecular complexity index is 948. The summed E-state index contributed by atoms with van der Waals surface area (Å²) >= 11 is 6.09. The van der Waals surface area contributed by atoms with Crippen LogP contribution in [0.3, 0.4) is 0 Å². The van der Waals surface area contributed by atoms with Gasteiger partial charge in [0.1, 0.15) is 24.6 Å². The highest BCUT2D eigenvalue weighted by atomic mass is 35.5. The van der Waals surface area contributed by atoms with Gasteiger partial charge in [-0.15, -0.1) is 13.2 Å². The van der Waals surface area contributed by atoms with Crippen molar-refractivity contribution < 1.29 is 51.9 Å². The smallest absolute Gasteiger partial charge is 0.435 e. The predicted octanol–water partition coefficient (Wildman–Crippen LogP) is 4.34. The predicted molar refractivity (Wildman–Crippen MR) is 117 cm³/mol. The summed E-state index contributed by atoms with van der Waals surface area (Å²) in [6.45, 7) is 1.35. The summed E-state index contributed by atoms with van der Waals surface area (Å²) in [5, 5.41) is 27.8. The fourth-order valence-electron chi connectivity index (χ4n) is 2.90. The van der Waals surface area contributed by atoms with Gasteiger partial charge in [0, 0.05) is 5.02 Å². The number of hydrogen-bond acceptors (Lipinski definition) is 7. The highest BCUT2D eigenvalue weighted by molar-refractivity contribution is 6.31. The number of ether oxygens (including phenoxy) is 3. The lowest BCUT2D eigenvalue weighted by molar-refractivity contribution is -0.274. The summed E-state index contributed by atoms with van der Waals surface area (Å²) in [6.07, 6.45) is -8.40. The first-order valence-corrected chi connectivity index (χ1v) is 10.9. The Morgan fingerprint density at radius 1 is 1.14 bits per heavy atom. The van der Waals surface area contributed by atoms with Crippen molar-refractivity contribution >= 4 is 17.8 Å². The van der Waals surface area contributed by atoms with Crippen molar-refractivity contribution in [3.63, 3.8) is 0 Å². The second-order valence-corrected chi connectivity index (χ2v) is 7.92. The third kappa shape index (κ3) is 9.52. The number of alkyl halides is 4. The summed E-state index contributed by atoms with van der Waals surface area (Å²) in [4.78, 5) is 10.5. The lowest BCUT2D eigenvalue weighted by Crippen LogP contribution is -2.17. The zero-order valence-corrected chi connectivity index (χ0v) is 19.3. The molecule has 0 radical (unpaired) electrons. The summed E-state index contributed by atoms with van der Waals surface area (Å²) in [5.74, 6) is -0.855. The highest BCUT2D eigenvalue weighted by Crippen LogP contribution is 2.34. The van der Waals surface area contributed by atoms with Gasteiger partial charge in [-0.05, 0) is 48.2 Å². The number of carbonyl (C=O) groups excluding carboxylic acids is 1. The molecule has 2 aromatic carbocycles. The van der Waals surface area contributed by atoms with Crippen LogP contribution in [-0.2, 0) is 15.9 Å². The molecule has 2 aromatic rings. The molecule has 1 saturated carbocycles. The highest BCUT2D eigenvalue weighted by Gasteiger charge is 2.51. The zero-order chi connectivity index (χ0) is 26.2. The molecule has 3 rings (SSSR count). The molecular formula is C23H25ClF4O7. The van der Waals surface area contributed by atoms with Gasteiger partial charge in [-0.3, -0.25) is 0 Å². The number of aliphatic hydroxyl groups is 3. The Morgan fingerprint density at radius 2 is 1.77 bits per heavy atom. The van der Waals surface area contributed by atoms with Crippen molar-refractivity contribution in [2.45, 2.75) is 38.1 Å². The average molecular weight is 525 g/mol. The first kappa shape index (κ1) is 28.6. The number of halogens is 5. The van der Waals surface area contributed by atoms with E-state index in [0.29, 0.717) is 22.6 Å². The molecule has 0 bridgehead atoms. The molecule has 4 atom stereocenters. The lowest BCUT2D eigenvalue weighted by Gasteiger charge is -2.12. The third-order valence-electron chi connectivity index (χ3n) is 4.87. The molecule has 0 saturated heterocycles. The monoisotopic (exact) mass is 524 g/mol. The molecule has 0 aromatic heterocycles. The van der Waals surface area contributed by atoms with Crippen molar-refractivity contribution in [1.29, 1.82) is 0 Å². The lowest BCUT2D eigenvalue weighted by atomic mass is 10.0. The second-order valence-electron chi connectivity index (χ2n) is 7.51. The van der Waals surface area contributed by atoms with E-state index in [1.807, 2.05) is 0 Å². The van der Waals surface area contributed by atoms with Gasteiger partial charge >= 0.3 is 12.5 Å². The van der Waals surface area contributed by atoms with Gasteiger partial charge in [-0.1, -0.05) is 35.9 Å². The number of rotatable bonds is 8. The van der Waals surface area contributed by atoms with E-state index in [1.54, 1.807) is 25.1 Å². The van der Waals surface area contributed by atoms with Crippen molar-refractivity contribution in [3.05, 3.63) is 64.2 Å². The minimum atomic E-state index is -4.72. The second kappa shape index (κ2) is 12.9. The van der Waals surface area contributed by atoms with Crippen LogP contribution in [0.25, 0.3) is 0 Å². The molecule has 35 heavy (non-hydrogen) atoms. The van der Waals surface area contributed by atoms with Gasteiger partial charge in [-0.25, -0.2) is 9.18 Å². The molecule has 1 aliphatic carbocycles. The maximum absolute atomic E-state index is 12.3. The van der Waals surface area contributed by atoms with Crippen molar-refractivity contribution in [1.82, 2.24) is 0 Å². The summed E-state index contributed by atoms with van der Waals surface area (Å²) in [6, 6.07) is 10.3. The maximum atomic E-state index is 12.3. The van der Waals surface area contributed by atoms with E-state index in [1.165, 1.54) is 24.3 Å². The Morgan fingerprint density at radius 3 is 2.29 bits per heavy atom. The molecule has 0 amide bonds. The SMILES string of the molecule is CCOC(=O)OCC1C(O)C1F.OCC(O)c1ccc(Cl)c(Cc2ccc(OC(F)(F)F)cc2)c1. The van der Waals surface area contributed by atoms with Crippen LogP contribution in [0.4, 0.5) is 22.4 Å². The van der Waals surface area contributed by atoms with Crippen LogP contribution in [0, 0.1) is 5.92 Å². The number of benzene rings is 2. The van der Waals surface area contributed by atoms with E-state index in [-0.39, 0.29) is 19.0 Å². The van der Waals surface area contributed by atoms with Crippen molar-refractivity contribution in [2.75, 3.05) is 19.8 Å². The topological polar surface area (TPSA) is 105 Å². The molecule has 4 unspecified atom stereocenters. The quantitative estimate of drug-likeness (QED) is 0.348. The van der Waals surface area contributed by atoms with Gasteiger partial charge in [0.15, 0.2) is 0 Å². The molecule has 1 fully saturated rings. The Kier molecular flexibility index (Phi) is 10.6. The van der Waals surface area contributed by atoms with Crippen LogP contribution < -0.4 is 4.74 Å². The van der Waals surface area contributed by atoms with Crippen LogP contribution in [0.15, 0.2) is 42.5 Å². The molecule has 3 N–H and O–H groups in total. The third-order valence-corrected chi connectivity index (χ3v) is 5.24. The van der Waals surface area contributed by atoms with Gasteiger partial charge in [0.05, 0.1) is 25.2 Å². The number of hydrogen-bond donors (Lipinski definition) is 3. The normalized spacial score (nSPS) is 19.7. The van der Waals surface area contributed by atoms with Crippen molar-refractivity contribution in [2.24, 2.45) is 5.92 Å². The van der Waals surface area contributed by atoms with Crippen LogP contribution in [0.2, 0.25) is 5.02 Å². The first-order valence-electron chi connectivity index (χ1n) is 10.5. The van der Waals surface area contributed by atoms with Crippen LogP contribution in [0.5, 0.6) is 5.75 Å². The molecule has 0 heterocycles. The van der Waals surface area contributed by atoms with Gasteiger partial charge in [-0.2, -0.15) is 0 Å². The largest absolute Gasteiger partial charge is 0.573 e. The maximum Gasteiger partial charge on any atom is 0.573 e. The number of aliphatic hydroxyl groups excluding tert-OH is 3. The van der Waals surface area contributed by atoms with Gasteiger partial charge in [0.2, 0.25) is 0 Å². The van der Waals surface area contributed by atoms with Crippen LogP contribution >= 0.6 is 11.6 Å². The van der Waals surface area contributed by atoms with Crippen LogP contribution in [-0.4, -0.2) is 59.9 Å². The summed E-state index contributed by atoms with van der Waals surface area (Å²) in [7, 11) is 0. The molecule has 12 heteroatoms. The minimum absolute atomic E-state index is 0.110. The molecule has 7 nitrogen and oxygen atoms in total. The van der Waals surface area contributed by atoms with Gasteiger partial charge < -0.3 is 29.5 Å². The van der Waals surface area contributed by atoms with E-state index in [0.717, 1.165) is 5.56 Å². The molecule has 194 valence electrons. The van der Waals surface area contributed by atoms with E-state index in [9.17, 15) is 27.5 Å². The fraction of sp³-hybridized carbons (Fsp3) is 0.435. The molecule has 0 aliphatic heterocycles. The Balaban J connectivity index is 0.000000303. The zero-order valence-electron chi connectivity index (χ0n) is 18.5. The van der Waals surface area contributed by atoms with E-state index < -0.39 is 43.4 Å². The van der Waals surface area contributed by atoms with E-state index >= 15 is 0 Å². The van der Waals surface area contributed by atoms with Crippen LogP contribution in [0.1, 0.15) is 29.7 Å². The number of carbonyl (C=O) groups is 1. The summed E-state index contributed by atoms with van der Waals surface area (Å²) < 4.78 is 61.4. The minimum Gasteiger partial charge on any atom is -0.435 e. The standard InChI is InChI=1S/C16H14ClF3O3.C7H11FO4/c17-14-6-3-11(15(22)9-21)8-12(14)7-10-1-4-13(5-2-10)23-16(18,19)20;1-2-11-7(10)12-3-4-5(8)6(4)9/h1-6,8,15,21-22H,7,9H2;4-6,9H,2-3H2,1H3. The molecule has 1 aliphatic rings.